The van der Waals surface area contributed by atoms with Gasteiger partial charge >= 0.3 is 5.97 Å². The van der Waals surface area contributed by atoms with Crippen LogP contribution in [0.4, 0.5) is 4.39 Å². The maximum absolute atomic E-state index is 13.5. The highest BCUT2D eigenvalue weighted by atomic mass is 19.1. The van der Waals surface area contributed by atoms with Crippen molar-refractivity contribution in [2.24, 2.45) is 0 Å². The van der Waals surface area contributed by atoms with Gasteiger partial charge in [0, 0.05) is 32.4 Å². The third-order valence-corrected chi connectivity index (χ3v) is 3.51. The summed E-state index contributed by atoms with van der Waals surface area (Å²) >= 11 is 0. The number of carboxylic acids is 1. The molecule has 1 fully saturated rings. The number of piperazine rings is 1. The highest BCUT2D eigenvalue weighted by molar-refractivity contribution is 5.94. The summed E-state index contributed by atoms with van der Waals surface area (Å²) in [5, 5.41) is 8.94. The monoisotopic (exact) mass is 281 g/mol. The minimum absolute atomic E-state index is 0.000247. The fourth-order valence-corrected chi connectivity index (χ4v) is 2.19. The molecule has 1 aliphatic heterocycles. The zero-order valence-electron chi connectivity index (χ0n) is 11.1. The molecule has 2 heterocycles. The van der Waals surface area contributed by atoms with E-state index >= 15 is 0 Å². The molecule has 1 aromatic heterocycles. The van der Waals surface area contributed by atoms with Gasteiger partial charge in [-0.2, -0.15) is 0 Å². The van der Waals surface area contributed by atoms with Gasteiger partial charge in [0.05, 0.1) is 11.8 Å². The fraction of sp³-hybridized carbons (Fsp3) is 0.462. The molecule has 6 nitrogen and oxygen atoms in total. The van der Waals surface area contributed by atoms with E-state index in [2.05, 4.69) is 4.98 Å². The smallest absolute Gasteiger partial charge is 0.320 e. The minimum atomic E-state index is -0.884. The van der Waals surface area contributed by atoms with E-state index in [0.29, 0.717) is 26.2 Å². The van der Waals surface area contributed by atoms with E-state index < -0.39 is 17.8 Å². The molecule has 1 aliphatic rings. The summed E-state index contributed by atoms with van der Waals surface area (Å²) in [7, 11) is 0. The summed E-state index contributed by atoms with van der Waals surface area (Å²) < 4.78 is 13.5. The fourth-order valence-electron chi connectivity index (χ4n) is 2.19. The van der Waals surface area contributed by atoms with Gasteiger partial charge in [-0.15, -0.1) is 0 Å². The second kappa shape index (κ2) is 5.96. The Hall–Kier alpha value is -2.02. The average molecular weight is 281 g/mol. The van der Waals surface area contributed by atoms with Crippen LogP contribution in [0.25, 0.3) is 0 Å². The van der Waals surface area contributed by atoms with Gasteiger partial charge in [-0.05, 0) is 13.0 Å². The van der Waals surface area contributed by atoms with Crippen molar-refractivity contribution in [1.29, 1.82) is 0 Å². The number of rotatable bonds is 3. The lowest BCUT2D eigenvalue weighted by molar-refractivity contribution is -0.143. The van der Waals surface area contributed by atoms with Crippen LogP contribution in [0.15, 0.2) is 18.5 Å². The van der Waals surface area contributed by atoms with Crippen LogP contribution in [0.1, 0.15) is 17.3 Å². The first-order chi connectivity index (χ1) is 9.50. The van der Waals surface area contributed by atoms with Crippen LogP contribution in [0, 0.1) is 5.82 Å². The number of hydrogen-bond acceptors (Lipinski definition) is 4. The van der Waals surface area contributed by atoms with Crippen molar-refractivity contribution >= 4 is 11.9 Å². The SMILES string of the molecule is CC(C(=O)O)N1CCN(C(=O)c2ccncc2F)CC1. The van der Waals surface area contributed by atoms with Crippen LogP contribution < -0.4 is 0 Å². The molecule has 1 atom stereocenters. The zero-order chi connectivity index (χ0) is 14.7. The Bertz CT molecular complexity index is 515. The van der Waals surface area contributed by atoms with Crippen LogP contribution in [-0.4, -0.2) is 64.0 Å². The van der Waals surface area contributed by atoms with Crippen molar-refractivity contribution in [3.05, 3.63) is 29.8 Å². The number of amides is 1. The van der Waals surface area contributed by atoms with Gasteiger partial charge in [0.2, 0.25) is 0 Å². The normalized spacial score (nSPS) is 17.8. The number of carboxylic acid groups (broad SMARTS) is 1. The van der Waals surface area contributed by atoms with Crippen LogP contribution in [-0.2, 0) is 4.79 Å². The molecule has 0 aliphatic carbocycles. The van der Waals surface area contributed by atoms with Gasteiger partial charge in [-0.3, -0.25) is 19.5 Å². The summed E-state index contributed by atoms with van der Waals surface area (Å²) in [5.41, 5.74) is -0.000247. The average Bonchev–Trinajstić information content (AvgIpc) is 2.46. The second-order valence-electron chi connectivity index (χ2n) is 4.70. The van der Waals surface area contributed by atoms with E-state index in [1.54, 1.807) is 11.8 Å². The number of aliphatic carboxylic acids is 1. The van der Waals surface area contributed by atoms with Crippen LogP contribution in [0.5, 0.6) is 0 Å². The third-order valence-electron chi connectivity index (χ3n) is 3.51. The standard InChI is InChI=1S/C13H16FN3O3/c1-9(13(19)20)16-4-6-17(7-5-16)12(18)10-2-3-15-8-11(10)14/h2-3,8-9H,4-7H2,1H3,(H,19,20). The molecule has 0 saturated carbocycles. The zero-order valence-corrected chi connectivity index (χ0v) is 11.1. The minimum Gasteiger partial charge on any atom is -0.480 e. The van der Waals surface area contributed by atoms with E-state index in [0.717, 1.165) is 6.20 Å². The molecule has 0 radical (unpaired) electrons. The summed E-state index contributed by atoms with van der Waals surface area (Å²) in [5.74, 6) is -1.91. The van der Waals surface area contributed by atoms with E-state index in [4.69, 9.17) is 5.11 Å². The lowest BCUT2D eigenvalue weighted by Crippen LogP contribution is -2.53. The summed E-state index contributed by atoms with van der Waals surface area (Å²) in [6.45, 7) is 3.32. The van der Waals surface area contributed by atoms with Gasteiger partial charge < -0.3 is 10.0 Å². The highest BCUT2D eigenvalue weighted by Crippen LogP contribution is 2.12. The molecule has 108 valence electrons. The Morgan fingerprint density at radius 1 is 1.35 bits per heavy atom. The predicted octanol–water partition coefficient (Wildman–Crippen LogP) is 0.452. The molecule has 0 spiro atoms. The van der Waals surface area contributed by atoms with Crippen LogP contribution >= 0.6 is 0 Å². The molecule has 2 rings (SSSR count). The summed E-state index contributed by atoms with van der Waals surface area (Å²) in [6.07, 6.45) is 2.38. The van der Waals surface area contributed by atoms with E-state index in [-0.39, 0.29) is 11.5 Å². The number of halogens is 1. The number of nitrogens with zero attached hydrogens (tertiary/aromatic N) is 3. The van der Waals surface area contributed by atoms with Gasteiger partial charge in [0.25, 0.3) is 5.91 Å². The van der Waals surface area contributed by atoms with Gasteiger partial charge in [-0.1, -0.05) is 0 Å². The number of carbonyl (C=O) groups excluding carboxylic acids is 1. The predicted molar refractivity (Wildman–Crippen MR) is 68.8 cm³/mol. The first kappa shape index (κ1) is 14.4. The van der Waals surface area contributed by atoms with Crippen LogP contribution in [0.2, 0.25) is 0 Å². The van der Waals surface area contributed by atoms with Crippen molar-refractivity contribution in [2.45, 2.75) is 13.0 Å². The van der Waals surface area contributed by atoms with E-state index in [1.807, 2.05) is 0 Å². The Kier molecular flexibility index (Phi) is 4.29. The molecule has 20 heavy (non-hydrogen) atoms. The van der Waals surface area contributed by atoms with Gasteiger partial charge in [0.1, 0.15) is 6.04 Å². The largest absolute Gasteiger partial charge is 0.480 e. The third kappa shape index (κ3) is 2.93. The first-order valence-corrected chi connectivity index (χ1v) is 6.36. The molecule has 0 bridgehead atoms. The maximum atomic E-state index is 13.5. The van der Waals surface area contributed by atoms with Crippen molar-refractivity contribution in [3.8, 4) is 0 Å². The van der Waals surface area contributed by atoms with Crippen molar-refractivity contribution < 1.29 is 19.1 Å². The second-order valence-corrected chi connectivity index (χ2v) is 4.70. The first-order valence-electron chi connectivity index (χ1n) is 6.36. The number of carbonyl (C=O) groups is 2. The Labute approximate surface area is 115 Å². The molecule has 7 heteroatoms. The molecule has 1 amide bonds. The topological polar surface area (TPSA) is 73.7 Å². The highest BCUT2D eigenvalue weighted by Gasteiger charge is 2.28. The Morgan fingerprint density at radius 3 is 2.55 bits per heavy atom. The van der Waals surface area contributed by atoms with E-state index in [9.17, 15) is 14.0 Å². The van der Waals surface area contributed by atoms with Crippen LogP contribution in [0.3, 0.4) is 0 Å². The lowest BCUT2D eigenvalue weighted by atomic mass is 10.2. The molecule has 1 N–H and O–H groups in total. The molecule has 1 unspecified atom stereocenters. The summed E-state index contributed by atoms with van der Waals surface area (Å²) in [4.78, 5) is 30.0. The summed E-state index contributed by atoms with van der Waals surface area (Å²) in [6, 6.07) is 0.772. The number of aromatic nitrogens is 1. The quantitative estimate of drug-likeness (QED) is 0.871. The number of pyridine rings is 1. The molecular weight excluding hydrogens is 265 g/mol. The van der Waals surface area contributed by atoms with E-state index in [1.165, 1.54) is 17.2 Å². The Morgan fingerprint density at radius 2 is 2.00 bits per heavy atom. The van der Waals surface area contributed by atoms with Crippen molar-refractivity contribution in [1.82, 2.24) is 14.8 Å². The number of hydrogen-bond donors (Lipinski definition) is 1. The molecule has 1 aromatic rings. The van der Waals surface area contributed by atoms with Crippen molar-refractivity contribution in [3.63, 3.8) is 0 Å². The Balaban J connectivity index is 1.99. The molecular formula is C13H16FN3O3. The van der Waals surface area contributed by atoms with Gasteiger partial charge in [0.15, 0.2) is 5.82 Å². The van der Waals surface area contributed by atoms with Gasteiger partial charge in [-0.25, -0.2) is 4.39 Å². The maximum Gasteiger partial charge on any atom is 0.320 e. The molecule has 0 aromatic carbocycles. The lowest BCUT2D eigenvalue weighted by Gasteiger charge is -2.36. The van der Waals surface area contributed by atoms with Crippen molar-refractivity contribution in [2.75, 3.05) is 26.2 Å². The molecule has 1 saturated heterocycles.